The molecule has 26 heavy (non-hydrogen) atoms. The Balaban J connectivity index is 1.73. The Morgan fingerprint density at radius 2 is 1.85 bits per heavy atom. The van der Waals surface area contributed by atoms with Crippen LogP contribution >= 0.6 is 11.8 Å². The molecule has 1 aromatic carbocycles. The van der Waals surface area contributed by atoms with Gasteiger partial charge in [0.2, 0.25) is 5.91 Å². The number of carbonyl (C=O) groups excluding carboxylic acids is 1. The lowest BCUT2D eigenvalue weighted by Crippen LogP contribution is -2.49. The van der Waals surface area contributed by atoms with Gasteiger partial charge in [-0.2, -0.15) is 0 Å². The highest BCUT2D eigenvalue weighted by Gasteiger charge is 2.38. The van der Waals surface area contributed by atoms with Gasteiger partial charge in [-0.3, -0.25) is 4.79 Å². The number of hydrogen-bond donors (Lipinski definition) is 0. The number of aryl methyl sites for hydroxylation is 2. The van der Waals surface area contributed by atoms with E-state index in [4.69, 9.17) is 0 Å². The molecule has 1 amide bonds. The van der Waals surface area contributed by atoms with Gasteiger partial charge >= 0.3 is 0 Å². The summed E-state index contributed by atoms with van der Waals surface area (Å²) in [5.74, 6) is 0.851. The Morgan fingerprint density at radius 1 is 1.12 bits per heavy atom. The fourth-order valence-corrected chi connectivity index (χ4v) is 6.84. The van der Waals surface area contributed by atoms with Crippen molar-refractivity contribution >= 4 is 27.5 Å². The number of thioether (sulfide) groups is 1. The van der Waals surface area contributed by atoms with Gasteiger partial charge in [-0.25, -0.2) is 8.42 Å². The summed E-state index contributed by atoms with van der Waals surface area (Å²) >= 11 is 1.58. The third-order valence-corrected chi connectivity index (χ3v) is 8.45. The molecule has 0 bridgehead atoms. The molecule has 0 N–H and O–H groups in total. The molecule has 1 saturated carbocycles. The maximum Gasteiger partial charge on any atom is 0.233 e. The minimum Gasteiger partial charge on any atom is -0.335 e. The van der Waals surface area contributed by atoms with Crippen molar-refractivity contribution in [2.45, 2.75) is 69.4 Å². The fourth-order valence-electron chi connectivity index (χ4n) is 4.14. The van der Waals surface area contributed by atoms with E-state index in [2.05, 4.69) is 32.0 Å². The Bertz CT molecular complexity index is 754. The normalized spacial score (nSPS) is 23.1. The highest BCUT2D eigenvalue weighted by molar-refractivity contribution is 8.00. The van der Waals surface area contributed by atoms with Crippen molar-refractivity contribution in [2.24, 2.45) is 0 Å². The molecule has 144 valence electrons. The summed E-state index contributed by atoms with van der Waals surface area (Å²) in [4.78, 5) is 16.2. The number of nitrogens with zero attached hydrogens (tertiary/aromatic N) is 1. The minimum absolute atomic E-state index is 0.102. The van der Waals surface area contributed by atoms with Gasteiger partial charge in [0, 0.05) is 17.0 Å². The van der Waals surface area contributed by atoms with Crippen LogP contribution in [0.5, 0.6) is 0 Å². The van der Waals surface area contributed by atoms with Crippen molar-refractivity contribution in [3.63, 3.8) is 0 Å². The number of sulfone groups is 1. The van der Waals surface area contributed by atoms with E-state index in [0.29, 0.717) is 12.2 Å². The highest BCUT2D eigenvalue weighted by Crippen LogP contribution is 2.30. The van der Waals surface area contributed by atoms with Crippen LogP contribution in [0.25, 0.3) is 0 Å². The van der Waals surface area contributed by atoms with Gasteiger partial charge in [0.25, 0.3) is 0 Å². The predicted molar refractivity (Wildman–Crippen MR) is 107 cm³/mol. The number of benzene rings is 1. The zero-order valence-corrected chi connectivity index (χ0v) is 17.4. The second-order valence-electron chi connectivity index (χ2n) is 7.71. The van der Waals surface area contributed by atoms with E-state index in [0.717, 1.165) is 30.6 Å². The molecular weight excluding hydrogens is 366 g/mol. The van der Waals surface area contributed by atoms with Crippen LogP contribution in [0.4, 0.5) is 0 Å². The van der Waals surface area contributed by atoms with Gasteiger partial charge in [0.15, 0.2) is 9.84 Å². The standard InChI is InChI=1S/C20H29NO3S2/c1-15-8-9-16(2)19(12-15)25-13-20(22)21(17-6-4-3-5-7-17)18-10-11-26(23,24)14-18/h8-9,12,17-18H,3-7,10-11,13-14H2,1-2H3/t18-/m1/s1. The molecule has 2 fully saturated rings. The Hall–Kier alpha value is -1.01. The second-order valence-corrected chi connectivity index (χ2v) is 11.0. The van der Waals surface area contributed by atoms with E-state index in [1.807, 2.05) is 4.90 Å². The Kier molecular flexibility index (Phi) is 6.33. The van der Waals surface area contributed by atoms with Crippen molar-refractivity contribution in [1.82, 2.24) is 4.90 Å². The SMILES string of the molecule is Cc1ccc(C)c(SCC(=O)N(C2CCCCC2)[C@@H]2CCS(=O)(=O)C2)c1. The third kappa shape index (κ3) is 4.83. The minimum atomic E-state index is -2.99. The molecule has 2 aliphatic rings. The Labute approximate surface area is 161 Å². The fraction of sp³-hybridized carbons (Fsp3) is 0.650. The predicted octanol–water partition coefficient (Wildman–Crippen LogP) is 3.74. The summed E-state index contributed by atoms with van der Waals surface area (Å²) in [6, 6.07) is 6.38. The number of hydrogen-bond acceptors (Lipinski definition) is 4. The first kappa shape index (κ1) is 19.7. The average Bonchev–Trinajstić information content (AvgIpc) is 2.96. The van der Waals surface area contributed by atoms with Crippen molar-refractivity contribution in [3.8, 4) is 0 Å². The van der Waals surface area contributed by atoms with E-state index in [9.17, 15) is 13.2 Å². The highest BCUT2D eigenvalue weighted by atomic mass is 32.2. The zero-order chi connectivity index (χ0) is 18.7. The summed E-state index contributed by atoms with van der Waals surface area (Å²) in [6.07, 6.45) is 6.11. The summed E-state index contributed by atoms with van der Waals surface area (Å²) in [6.45, 7) is 4.12. The van der Waals surface area contributed by atoms with Crippen molar-refractivity contribution < 1.29 is 13.2 Å². The summed E-state index contributed by atoms with van der Waals surface area (Å²) in [5.41, 5.74) is 2.37. The molecule has 1 aliphatic heterocycles. The topological polar surface area (TPSA) is 54.5 Å². The molecule has 0 radical (unpaired) electrons. The molecule has 1 aliphatic carbocycles. The van der Waals surface area contributed by atoms with Gasteiger partial charge in [-0.15, -0.1) is 11.8 Å². The van der Waals surface area contributed by atoms with Crippen LogP contribution in [0.15, 0.2) is 23.1 Å². The molecule has 6 heteroatoms. The molecule has 0 aromatic heterocycles. The second kappa shape index (κ2) is 8.34. The van der Waals surface area contributed by atoms with Gasteiger partial charge in [-0.05, 0) is 44.7 Å². The first-order valence-electron chi connectivity index (χ1n) is 9.57. The number of amides is 1. The van der Waals surface area contributed by atoms with Gasteiger partial charge in [0.05, 0.1) is 17.3 Å². The van der Waals surface area contributed by atoms with E-state index in [1.54, 1.807) is 11.8 Å². The lowest BCUT2D eigenvalue weighted by atomic mass is 9.93. The van der Waals surface area contributed by atoms with Crippen LogP contribution in [-0.2, 0) is 14.6 Å². The molecule has 1 saturated heterocycles. The van der Waals surface area contributed by atoms with Gasteiger partial charge in [0.1, 0.15) is 0 Å². The van der Waals surface area contributed by atoms with Gasteiger partial charge in [-0.1, -0.05) is 37.0 Å². The average molecular weight is 396 g/mol. The largest absolute Gasteiger partial charge is 0.335 e. The quantitative estimate of drug-likeness (QED) is 0.713. The van der Waals surface area contributed by atoms with Crippen molar-refractivity contribution in [3.05, 3.63) is 29.3 Å². The van der Waals surface area contributed by atoms with Crippen LogP contribution < -0.4 is 0 Å². The maximum atomic E-state index is 13.1. The molecule has 1 atom stereocenters. The molecule has 1 heterocycles. The van der Waals surface area contributed by atoms with Gasteiger partial charge < -0.3 is 4.90 Å². The smallest absolute Gasteiger partial charge is 0.233 e. The molecule has 0 spiro atoms. The third-order valence-electron chi connectivity index (χ3n) is 5.55. The Morgan fingerprint density at radius 3 is 2.50 bits per heavy atom. The van der Waals surface area contributed by atoms with Crippen LogP contribution in [0.1, 0.15) is 49.7 Å². The van der Waals surface area contributed by atoms with Crippen molar-refractivity contribution in [1.29, 1.82) is 0 Å². The van der Waals surface area contributed by atoms with Crippen molar-refractivity contribution in [2.75, 3.05) is 17.3 Å². The first-order chi connectivity index (χ1) is 12.4. The summed E-state index contributed by atoms with van der Waals surface area (Å²) in [5, 5.41) is 0. The van der Waals surface area contributed by atoms with Crippen LogP contribution in [0.2, 0.25) is 0 Å². The first-order valence-corrected chi connectivity index (χ1v) is 12.4. The monoisotopic (exact) mass is 395 g/mol. The number of carbonyl (C=O) groups is 1. The molecular formula is C20H29NO3S2. The van der Waals surface area contributed by atoms with E-state index < -0.39 is 9.84 Å². The molecule has 3 rings (SSSR count). The lowest BCUT2D eigenvalue weighted by Gasteiger charge is -2.38. The van der Waals surface area contributed by atoms with E-state index in [1.165, 1.54) is 17.5 Å². The molecule has 4 nitrogen and oxygen atoms in total. The lowest BCUT2D eigenvalue weighted by molar-refractivity contribution is -0.133. The van der Waals surface area contributed by atoms with Crippen LogP contribution in [0.3, 0.4) is 0 Å². The van der Waals surface area contributed by atoms with Crippen LogP contribution in [-0.4, -0.2) is 48.6 Å². The van der Waals surface area contributed by atoms with E-state index >= 15 is 0 Å². The summed E-state index contributed by atoms with van der Waals surface area (Å²) < 4.78 is 23.9. The van der Waals surface area contributed by atoms with Crippen LogP contribution in [0, 0.1) is 13.8 Å². The zero-order valence-electron chi connectivity index (χ0n) is 15.7. The van der Waals surface area contributed by atoms with E-state index in [-0.39, 0.29) is 29.5 Å². The molecule has 1 aromatic rings. The summed E-state index contributed by atoms with van der Waals surface area (Å²) in [7, 11) is -2.99. The number of rotatable bonds is 5. The maximum absolute atomic E-state index is 13.1. The molecule has 0 unspecified atom stereocenters.